The second kappa shape index (κ2) is 8.19. The van der Waals surface area contributed by atoms with Crippen LogP contribution in [0.25, 0.3) is 11.6 Å². The van der Waals surface area contributed by atoms with Gasteiger partial charge in [-0.1, -0.05) is 37.1 Å². The van der Waals surface area contributed by atoms with E-state index in [4.69, 9.17) is 4.42 Å². The van der Waals surface area contributed by atoms with Gasteiger partial charge in [0.05, 0.1) is 12.0 Å². The fraction of sp³-hybridized carbons (Fsp3) is 0.471. The van der Waals surface area contributed by atoms with Gasteiger partial charge in [0.25, 0.3) is 0 Å². The van der Waals surface area contributed by atoms with Crippen LogP contribution in [-0.4, -0.2) is 33.0 Å². The number of rotatable bonds is 7. The number of nitrogens with one attached hydrogen (secondary N) is 1. The van der Waals surface area contributed by atoms with Gasteiger partial charge in [-0.05, 0) is 25.0 Å². The molecule has 7 heteroatoms. The monoisotopic (exact) mass is 346 g/mol. The topological polar surface area (TPSA) is 73.0 Å². The summed E-state index contributed by atoms with van der Waals surface area (Å²) in [5.74, 6) is 1.76. The van der Waals surface area contributed by atoms with Gasteiger partial charge in [-0.25, -0.2) is 0 Å². The molecule has 3 rings (SSSR count). The van der Waals surface area contributed by atoms with Crippen molar-refractivity contribution in [1.82, 2.24) is 20.1 Å². The summed E-state index contributed by atoms with van der Waals surface area (Å²) in [6.45, 7) is 4.08. The number of thioether (sulfide) groups is 1. The van der Waals surface area contributed by atoms with Gasteiger partial charge in [-0.2, -0.15) is 0 Å². The first-order valence-corrected chi connectivity index (χ1v) is 9.27. The van der Waals surface area contributed by atoms with Crippen molar-refractivity contribution >= 4 is 17.7 Å². The Morgan fingerprint density at radius 1 is 1.42 bits per heavy atom. The minimum atomic E-state index is -0.0300. The second-order valence-electron chi connectivity index (χ2n) is 5.83. The van der Waals surface area contributed by atoms with Gasteiger partial charge in [-0.15, -0.1) is 16.8 Å². The number of aromatic nitrogens is 3. The molecule has 1 aliphatic rings. The molecule has 0 unspecified atom stereocenters. The average Bonchev–Trinajstić information content (AvgIpc) is 3.27. The summed E-state index contributed by atoms with van der Waals surface area (Å²) in [5, 5.41) is 12.2. The van der Waals surface area contributed by atoms with Crippen LogP contribution in [0.5, 0.6) is 0 Å². The molecule has 2 heterocycles. The highest BCUT2D eigenvalue weighted by molar-refractivity contribution is 7.99. The van der Waals surface area contributed by atoms with Gasteiger partial charge in [0.15, 0.2) is 10.9 Å². The summed E-state index contributed by atoms with van der Waals surface area (Å²) in [5.41, 5.74) is 0. The summed E-state index contributed by atoms with van der Waals surface area (Å²) in [4.78, 5) is 11.8. The van der Waals surface area contributed by atoms with Gasteiger partial charge in [0.2, 0.25) is 11.7 Å². The number of carbonyl (C=O) groups is 1. The van der Waals surface area contributed by atoms with Crippen molar-refractivity contribution in [2.24, 2.45) is 0 Å². The van der Waals surface area contributed by atoms with E-state index in [0.717, 1.165) is 29.6 Å². The van der Waals surface area contributed by atoms with Crippen molar-refractivity contribution in [3.63, 3.8) is 0 Å². The van der Waals surface area contributed by atoms with Crippen LogP contribution in [0.2, 0.25) is 0 Å². The second-order valence-corrected chi connectivity index (χ2v) is 6.77. The third-order valence-corrected chi connectivity index (χ3v) is 5.06. The molecule has 1 amide bonds. The standard InChI is InChI=1S/C17H22N4O2S/c1-2-10-18-15(22)12-24-17-20-19-16(14-9-6-11-23-14)21(17)13-7-4-3-5-8-13/h2,6,9,11,13H,1,3-5,7-8,10,12H2,(H,18,22). The summed E-state index contributed by atoms with van der Waals surface area (Å²) < 4.78 is 7.68. The lowest BCUT2D eigenvalue weighted by Gasteiger charge is -2.25. The van der Waals surface area contributed by atoms with Crippen LogP contribution in [0.3, 0.4) is 0 Å². The van der Waals surface area contributed by atoms with Crippen molar-refractivity contribution in [1.29, 1.82) is 0 Å². The van der Waals surface area contributed by atoms with Crippen molar-refractivity contribution in [2.45, 2.75) is 43.3 Å². The summed E-state index contributed by atoms with van der Waals surface area (Å²) in [6, 6.07) is 4.12. The molecule has 1 saturated carbocycles. The van der Waals surface area contributed by atoms with E-state index >= 15 is 0 Å². The fourth-order valence-corrected chi connectivity index (χ4v) is 3.82. The molecule has 1 fully saturated rings. The Morgan fingerprint density at radius 2 is 2.25 bits per heavy atom. The maximum Gasteiger partial charge on any atom is 0.230 e. The van der Waals surface area contributed by atoms with E-state index in [2.05, 4.69) is 26.7 Å². The largest absolute Gasteiger partial charge is 0.461 e. The average molecular weight is 346 g/mol. The molecule has 0 atom stereocenters. The van der Waals surface area contributed by atoms with Crippen LogP contribution in [0.4, 0.5) is 0 Å². The normalized spacial score (nSPS) is 15.3. The van der Waals surface area contributed by atoms with Crippen molar-refractivity contribution in [3.8, 4) is 11.6 Å². The van der Waals surface area contributed by atoms with Crippen LogP contribution in [0.1, 0.15) is 38.1 Å². The highest BCUT2D eigenvalue weighted by Gasteiger charge is 2.25. The Hall–Kier alpha value is -2.02. The molecule has 6 nitrogen and oxygen atoms in total. The zero-order valence-corrected chi connectivity index (χ0v) is 14.4. The van der Waals surface area contributed by atoms with Gasteiger partial charge in [0.1, 0.15) is 0 Å². The smallest absolute Gasteiger partial charge is 0.230 e. The number of carbonyl (C=O) groups excluding carboxylic acids is 1. The molecular weight excluding hydrogens is 324 g/mol. The van der Waals surface area contributed by atoms with E-state index < -0.39 is 0 Å². The van der Waals surface area contributed by atoms with Crippen molar-refractivity contribution in [3.05, 3.63) is 31.1 Å². The zero-order chi connectivity index (χ0) is 16.8. The van der Waals surface area contributed by atoms with Crippen molar-refractivity contribution < 1.29 is 9.21 Å². The zero-order valence-electron chi connectivity index (χ0n) is 13.6. The quantitative estimate of drug-likeness (QED) is 0.614. The number of hydrogen-bond donors (Lipinski definition) is 1. The van der Waals surface area contributed by atoms with Crippen LogP contribution in [-0.2, 0) is 4.79 Å². The molecule has 1 N–H and O–H groups in total. The van der Waals surface area contributed by atoms with Crippen LogP contribution in [0, 0.1) is 0 Å². The Bertz CT molecular complexity index is 675. The maximum absolute atomic E-state index is 11.8. The van der Waals surface area contributed by atoms with E-state index in [0.29, 0.717) is 18.3 Å². The number of nitrogens with zero attached hydrogens (tertiary/aromatic N) is 3. The number of hydrogen-bond acceptors (Lipinski definition) is 5. The van der Waals surface area contributed by atoms with Crippen LogP contribution in [0.15, 0.2) is 40.6 Å². The summed E-state index contributed by atoms with van der Waals surface area (Å²) >= 11 is 1.42. The predicted octanol–water partition coefficient (Wildman–Crippen LogP) is 3.44. The third kappa shape index (κ3) is 3.90. The molecule has 0 aromatic carbocycles. The van der Waals surface area contributed by atoms with E-state index in [9.17, 15) is 4.79 Å². The molecule has 24 heavy (non-hydrogen) atoms. The van der Waals surface area contributed by atoms with Crippen LogP contribution >= 0.6 is 11.8 Å². The van der Waals surface area contributed by atoms with Gasteiger partial charge >= 0.3 is 0 Å². The number of amides is 1. The minimum Gasteiger partial charge on any atom is -0.461 e. The molecule has 0 saturated heterocycles. The molecule has 1 aliphatic carbocycles. The van der Waals surface area contributed by atoms with Crippen LogP contribution < -0.4 is 5.32 Å². The highest BCUT2D eigenvalue weighted by Crippen LogP contribution is 2.35. The third-order valence-electron chi connectivity index (χ3n) is 4.12. The lowest BCUT2D eigenvalue weighted by molar-refractivity contribution is -0.118. The lowest BCUT2D eigenvalue weighted by Crippen LogP contribution is -2.25. The Labute approximate surface area is 145 Å². The number of furan rings is 1. The lowest BCUT2D eigenvalue weighted by atomic mass is 9.95. The van der Waals surface area contributed by atoms with E-state index in [1.807, 2.05) is 12.1 Å². The molecular formula is C17H22N4O2S. The molecule has 2 aromatic heterocycles. The fourth-order valence-electron chi connectivity index (χ4n) is 2.98. The summed E-state index contributed by atoms with van der Waals surface area (Å²) in [6.07, 6.45) is 9.24. The molecule has 128 valence electrons. The SMILES string of the molecule is C=CCNC(=O)CSc1nnc(-c2ccco2)n1C1CCCCC1. The highest BCUT2D eigenvalue weighted by atomic mass is 32.2. The van der Waals surface area contributed by atoms with Gasteiger partial charge in [0, 0.05) is 12.6 Å². The Morgan fingerprint density at radius 3 is 2.96 bits per heavy atom. The molecule has 0 spiro atoms. The van der Waals surface area contributed by atoms with Gasteiger partial charge in [-0.3, -0.25) is 9.36 Å². The molecule has 0 bridgehead atoms. The Kier molecular flexibility index (Phi) is 5.74. The Balaban J connectivity index is 1.80. The van der Waals surface area contributed by atoms with E-state index in [-0.39, 0.29) is 5.91 Å². The molecule has 0 aliphatic heterocycles. The van der Waals surface area contributed by atoms with Gasteiger partial charge < -0.3 is 9.73 Å². The first kappa shape index (κ1) is 16.8. The first-order valence-electron chi connectivity index (χ1n) is 8.28. The predicted molar refractivity (Wildman–Crippen MR) is 93.8 cm³/mol. The molecule has 0 radical (unpaired) electrons. The molecule has 2 aromatic rings. The maximum atomic E-state index is 11.8. The van der Waals surface area contributed by atoms with E-state index in [1.165, 1.54) is 31.0 Å². The first-order chi connectivity index (χ1) is 11.8. The van der Waals surface area contributed by atoms with E-state index in [1.54, 1.807) is 12.3 Å². The summed E-state index contributed by atoms with van der Waals surface area (Å²) in [7, 11) is 0. The minimum absolute atomic E-state index is 0.0300. The van der Waals surface area contributed by atoms with Crippen molar-refractivity contribution in [2.75, 3.05) is 12.3 Å².